The first-order chi connectivity index (χ1) is 16.8. The molecule has 1 amide bonds. The normalized spacial score (nSPS) is 14.8. The van der Waals surface area contributed by atoms with E-state index in [-0.39, 0.29) is 22.1 Å². The van der Waals surface area contributed by atoms with E-state index in [1.54, 1.807) is 16.8 Å². The second kappa shape index (κ2) is 9.36. The van der Waals surface area contributed by atoms with Gasteiger partial charge in [0.1, 0.15) is 0 Å². The van der Waals surface area contributed by atoms with Crippen LogP contribution in [0.2, 0.25) is 5.02 Å². The first-order valence-corrected chi connectivity index (χ1v) is 13.4. The van der Waals surface area contributed by atoms with Crippen LogP contribution in [0.3, 0.4) is 0 Å². The smallest absolute Gasteiger partial charge is 0.274 e. The molecule has 1 N–H and O–H groups in total. The number of para-hydroxylation sites is 1. The fraction of sp³-hybridized carbons (Fsp3) is 0.231. The summed E-state index contributed by atoms with van der Waals surface area (Å²) in [5.74, 6) is -0.807. The minimum Gasteiger partial charge on any atom is -0.274 e. The number of fused-ring (bicyclic) bond motifs is 1. The van der Waals surface area contributed by atoms with Crippen molar-refractivity contribution < 1.29 is 13.2 Å². The van der Waals surface area contributed by atoms with Crippen LogP contribution in [0.5, 0.6) is 0 Å². The molecule has 1 saturated carbocycles. The molecule has 0 radical (unpaired) electrons. The average Bonchev–Trinajstić information content (AvgIpc) is 3.17. The lowest BCUT2D eigenvalue weighted by Gasteiger charge is -2.26. The Bertz CT molecular complexity index is 1550. The Morgan fingerprint density at radius 3 is 2.29 bits per heavy atom. The Morgan fingerprint density at radius 2 is 1.60 bits per heavy atom. The Kier molecular flexibility index (Phi) is 6.25. The molecule has 0 atom stereocenters. The van der Waals surface area contributed by atoms with Crippen LogP contribution in [0.25, 0.3) is 16.6 Å². The molecule has 0 saturated heterocycles. The van der Waals surface area contributed by atoms with E-state index in [0.29, 0.717) is 10.4 Å². The monoisotopic (exact) mass is 509 g/mol. The maximum Gasteiger partial charge on any atom is 0.279 e. The van der Waals surface area contributed by atoms with Gasteiger partial charge in [-0.3, -0.25) is 14.3 Å². The molecule has 180 valence electrons. The van der Waals surface area contributed by atoms with E-state index < -0.39 is 15.9 Å². The summed E-state index contributed by atoms with van der Waals surface area (Å²) in [7, 11) is -4.10. The lowest BCUT2D eigenvalue weighted by Crippen LogP contribution is -2.30. The summed E-state index contributed by atoms with van der Waals surface area (Å²) >= 11 is 5.83. The summed E-state index contributed by atoms with van der Waals surface area (Å²) in [6, 6.07) is 19.9. The number of amides is 1. The minimum absolute atomic E-state index is 0.0776. The highest BCUT2D eigenvalue weighted by Crippen LogP contribution is 2.32. The average molecular weight is 510 g/mol. The molecule has 0 aliphatic heterocycles. The molecule has 0 spiro atoms. The Hall–Kier alpha value is -3.36. The SMILES string of the molecule is O=C(NS(=O)(=O)c1ccc(Cl)cc1)c1ccc2c(c1)c(=O)n(-c1ccccc1)n2C1CCCCC1. The third kappa shape index (κ3) is 4.51. The molecule has 7 nitrogen and oxygen atoms in total. The van der Waals surface area contributed by atoms with Crippen molar-refractivity contribution >= 4 is 38.4 Å². The molecule has 35 heavy (non-hydrogen) atoms. The van der Waals surface area contributed by atoms with Crippen molar-refractivity contribution in [3.63, 3.8) is 0 Å². The zero-order valence-electron chi connectivity index (χ0n) is 18.9. The summed E-state index contributed by atoms with van der Waals surface area (Å²) in [5.41, 5.74) is 1.32. The summed E-state index contributed by atoms with van der Waals surface area (Å²) in [6.45, 7) is 0. The number of rotatable bonds is 5. The van der Waals surface area contributed by atoms with Crippen LogP contribution in [0, 0.1) is 0 Å². The van der Waals surface area contributed by atoms with Gasteiger partial charge in [-0.1, -0.05) is 49.1 Å². The topological polar surface area (TPSA) is 90.2 Å². The van der Waals surface area contributed by atoms with Gasteiger partial charge >= 0.3 is 0 Å². The van der Waals surface area contributed by atoms with Crippen molar-refractivity contribution in [1.82, 2.24) is 14.1 Å². The number of benzene rings is 3. The first-order valence-electron chi connectivity index (χ1n) is 11.5. The number of carbonyl (C=O) groups is 1. The largest absolute Gasteiger partial charge is 0.279 e. The van der Waals surface area contributed by atoms with Gasteiger partial charge in [0.2, 0.25) is 0 Å². The molecule has 4 aromatic rings. The van der Waals surface area contributed by atoms with Gasteiger partial charge in [-0.2, -0.15) is 0 Å². The van der Waals surface area contributed by atoms with Gasteiger partial charge in [0.25, 0.3) is 21.5 Å². The van der Waals surface area contributed by atoms with Crippen molar-refractivity contribution in [2.75, 3.05) is 0 Å². The molecule has 1 aromatic heterocycles. The molecule has 5 rings (SSSR count). The van der Waals surface area contributed by atoms with Gasteiger partial charge < -0.3 is 0 Å². The van der Waals surface area contributed by atoms with Crippen LogP contribution >= 0.6 is 11.6 Å². The quantitative estimate of drug-likeness (QED) is 0.406. The Labute approximate surface area is 208 Å². The highest BCUT2D eigenvalue weighted by atomic mass is 35.5. The van der Waals surface area contributed by atoms with E-state index >= 15 is 0 Å². The summed E-state index contributed by atoms with van der Waals surface area (Å²) in [6.07, 6.45) is 5.31. The number of carbonyl (C=O) groups excluding carboxylic acids is 1. The molecule has 1 aliphatic carbocycles. The number of aromatic nitrogens is 2. The van der Waals surface area contributed by atoms with Gasteiger partial charge in [0.15, 0.2) is 0 Å². The van der Waals surface area contributed by atoms with Crippen molar-refractivity contribution in [2.45, 2.75) is 43.0 Å². The van der Waals surface area contributed by atoms with Gasteiger partial charge in [0.05, 0.1) is 27.5 Å². The van der Waals surface area contributed by atoms with E-state index in [9.17, 15) is 18.0 Å². The fourth-order valence-electron chi connectivity index (χ4n) is 4.72. The maximum absolute atomic E-state index is 13.6. The molecule has 1 aliphatic rings. The number of hydrogen-bond donors (Lipinski definition) is 1. The van der Waals surface area contributed by atoms with Crippen molar-refractivity contribution in [3.05, 3.63) is 93.7 Å². The van der Waals surface area contributed by atoms with Crippen LogP contribution in [-0.4, -0.2) is 23.7 Å². The lowest BCUT2D eigenvalue weighted by molar-refractivity contribution is 0.0981. The predicted molar refractivity (Wildman–Crippen MR) is 136 cm³/mol. The fourth-order valence-corrected chi connectivity index (χ4v) is 5.82. The Balaban J connectivity index is 1.57. The zero-order valence-corrected chi connectivity index (χ0v) is 20.4. The van der Waals surface area contributed by atoms with E-state index in [1.165, 1.54) is 36.8 Å². The summed E-state index contributed by atoms with van der Waals surface area (Å²) in [5, 5.41) is 0.758. The van der Waals surface area contributed by atoms with E-state index in [2.05, 4.69) is 4.72 Å². The molecule has 3 aromatic carbocycles. The number of hydrogen-bond acceptors (Lipinski definition) is 4. The van der Waals surface area contributed by atoms with Crippen LogP contribution in [0.1, 0.15) is 48.5 Å². The third-order valence-corrected chi connectivity index (χ3v) is 8.02. The minimum atomic E-state index is -4.10. The number of nitrogens with zero attached hydrogens (tertiary/aromatic N) is 2. The van der Waals surface area contributed by atoms with Crippen molar-refractivity contribution in [2.24, 2.45) is 0 Å². The van der Waals surface area contributed by atoms with Gasteiger partial charge in [-0.15, -0.1) is 0 Å². The molecule has 9 heteroatoms. The highest BCUT2D eigenvalue weighted by Gasteiger charge is 2.25. The second-order valence-electron chi connectivity index (χ2n) is 8.71. The maximum atomic E-state index is 13.6. The van der Waals surface area contributed by atoms with Crippen LogP contribution in [0.15, 0.2) is 82.5 Å². The van der Waals surface area contributed by atoms with Gasteiger partial charge in [-0.05, 0) is 67.4 Å². The van der Waals surface area contributed by atoms with Gasteiger partial charge in [-0.25, -0.2) is 17.8 Å². The van der Waals surface area contributed by atoms with E-state index in [4.69, 9.17) is 11.6 Å². The molecular weight excluding hydrogens is 486 g/mol. The van der Waals surface area contributed by atoms with E-state index in [0.717, 1.165) is 36.9 Å². The standard InChI is InChI=1S/C26H24ClN3O4S/c27-19-12-14-22(15-13-19)35(33,34)28-25(31)18-11-16-24-23(17-18)26(32)30(21-9-5-2-6-10-21)29(24)20-7-3-1-4-8-20/h2,5-6,9-17,20H,1,3-4,7-8H2,(H,28,31). The van der Waals surface area contributed by atoms with Crippen molar-refractivity contribution in [1.29, 1.82) is 0 Å². The second-order valence-corrected chi connectivity index (χ2v) is 10.8. The molecular formula is C26H24ClN3O4S. The number of nitrogens with one attached hydrogen (secondary N) is 1. The third-order valence-electron chi connectivity index (χ3n) is 6.42. The summed E-state index contributed by atoms with van der Waals surface area (Å²) < 4.78 is 31.1. The number of sulfonamides is 1. The zero-order chi connectivity index (χ0) is 24.6. The molecule has 1 heterocycles. The van der Waals surface area contributed by atoms with Crippen molar-refractivity contribution in [3.8, 4) is 5.69 Å². The van der Waals surface area contributed by atoms with Crippen LogP contribution < -0.4 is 10.3 Å². The highest BCUT2D eigenvalue weighted by molar-refractivity contribution is 7.90. The van der Waals surface area contributed by atoms with E-state index in [1.807, 2.05) is 35.0 Å². The summed E-state index contributed by atoms with van der Waals surface area (Å²) in [4.78, 5) is 26.4. The lowest BCUT2D eigenvalue weighted by atomic mass is 9.95. The molecule has 0 unspecified atom stereocenters. The van der Waals surface area contributed by atoms with Gasteiger partial charge in [0, 0.05) is 10.6 Å². The predicted octanol–water partition coefficient (Wildman–Crippen LogP) is 5.07. The molecule has 0 bridgehead atoms. The van der Waals surface area contributed by atoms with Crippen LogP contribution in [0.4, 0.5) is 0 Å². The Morgan fingerprint density at radius 1 is 0.914 bits per heavy atom. The number of halogens is 1. The van der Waals surface area contributed by atoms with Crippen LogP contribution in [-0.2, 0) is 10.0 Å². The molecule has 1 fully saturated rings. The first kappa shape index (κ1) is 23.4.